The molecule has 1 aliphatic heterocycles. The van der Waals surface area contributed by atoms with Gasteiger partial charge in [-0.15, -0.1) is 0 Å². The highest BCUT2D eigenvalue weighted by Gasteiger charge is 2.66. The van der Waals surface area contributed by atoms with E-state index in [1.165, 1.54) is 4.90 Å². The molecule has 2 amide bonds. The van der Waals surface area contributed by atoms with Crippen LogP contribution in [-0.2, 0) is 9.59 Å². The van der Waals surface area contributed by atoms with Crippen molar-refractivity contribution in [3.63, 3.8) is 0 Å². The van der Waals surface area contributed by atoms with Crippen LogP contribution in [0.25, 0.3) is 0 Å². The maximum absolute atomic E-state index is 12.8. The van der Waals surface area contributed by atoms with Gasteiger partial charge in [0.05, 0.1) is 17.5 Å². The van der Waals surface area contributed by atoms with Crippen molar-refractivity contribution in [3.8, 4) is 0 Å². The Morgan fingerprint density at radius 1 is 1.05 bits per heavy atom. The second-order valence-electron chi connectivity index (χ2n) is 6.35. The van der Waals surface area contributed by atoms with Crippen molar-refractivity contribution in [2.75, 3.05) is 4.90 Å². The zero-order chi connectivity index (χ0) is 14.9. The molecule has 2 bridgehead atoms. The van der Waals surface area contributed by atoms with E-state index in [1.54, 1.807) is 0 Å². The summed E-state index contributed by atoms with van der Waals surface area (Å²) in [6, 6.07) is 7.63. The Bertz CT molecular complexity index is 615. The van der Waals surface area contributed by atoms with Gasteiger partial charge in [-0.05, 0) is 42.9 Å². The van der Waals surface area contributed by atoms with Gasteiger partial charge in [0, 0.05) is 9.65 Å². The first kappa shape index (κ1) is 13.9. The summed E-state index contributed by atoms with van der Waals surface area (Å²) in [6.45, 7) is 1.97. The number of carbonyl (C=O) groups is 2. The van der Waals surface area contributed by atoms with Gasteiger partial charge >= 0.3 is 0 Å². The highest BCUT2D eigenvalue weighted by atomic mass is 79.9. The summed E-state index contributed by atoms with van der Waals surface area (Å²) in [4.78, 5) is 27.6. The van der Waals surface area contributed by atoms with Crippen LogP contribution >= 0.6 is 31.9 Å². The Morgan fingerprint density at radius 3 is 2.14 bits per heavy atom. The number of benzene rings is 1. The molecule has 6 atom stereocenters. The number of aryl methyl sites for hydroxylation is 1. The van der Waals surface area contributed by atoms with E-state index in [0.717, 1.165) is 17.7 Å². The lowest BCUT2D eigenvalue weighted by molar-refractivity contribution is -0.123. The first-order chi connectivity index (χ1) is 10.0. The van der Waals surface area contributed by atoms with E-state index in [-0.39, 0.29) is 45.1 Å². The maximum atomic E-state index is 12.8. The molecule has 0 aromatic heterocycles. The Morgan fingerprint density at radius 2 is 1.62 bits per heavy atom. The van der Waals surface area contributed by atoms with Crippen LogP contribution in [0.2, 0.25) is 0 Å². The number of halogens is 2. The first-order valence-electron chi connectivity index (χ1n) is 7.23. The second kappa shape index (κ2) is 4.66. The summed E-state index contributed by atoms with van der Waals surface area (Å²) in [5.41, 5.74) is 1.78. The summed E-state index contributed by atoms with van der Waals surface area (Å²) in [6.07, 6.45) is 0.973. The summed E-state index contributed by atoms with van der Waals surface area (Å²) in [5.74, 6) is 0.257. The third kappa shape index (κ3) is 1.76. The monoisotopic (exact) mass is 411 g/mol. The Hall–Kier alpha value is -0.680. The van der Waals surface area contributed by atoms with Gasteiger partial charge in [0.2, 0.25) is 11.8 Å². The number of imide groups is 1. The van der Waals surface area contributed by atoms with E-state index in [4.69, 9.17) is 0 Å². The quantitative estimate of drug-likeness (QED) is 0.524. The Kier molecular flexibility index (Phi) is 3.09. The molecule has 110 valence electrons. The molecular formula is C16H15Br2NO2. The Balaban J connectivity index is 1.75. The predicted molar refractivity (Wildman–Crippen MR) is 87.7 cm³/mol. The number of anilines is 1. The smallest absolute Gasteiger partial charge is 0.238 e. The summed E-state index contributed by atoms with van der Waals surface area (Å²) in [7, 11) is 0. The van der Waals surface area contributed by atoms with Crippen molar-refractivity contribution >= 4 is 49.4 Å². The molecule has 0 spiro atoms. The molecule has 3 aliphatic rings. The topological polar surface area (TPSA) is 37.4 Å². The van der Waals surface area contributed by atoms with Gasteiger partial charge in [-0.3, -0.25) is 14.5 Å². The van der Waals surface area contributed by atoms with Crippen LogP contribution in [0.3, 0.4) is 0 Å². The van der Waals surface area contributed by atoms with Crippen LogP contribution in [0.1, 0.15) is 12.0 Å². The highest BCUT2D eigenvalue weighted by Crippen LogP contribution is 2.60. The van der Waals surface area contributed by atoms with Crippen molar-refractivity contribution in [1.29, 1.82) is 0 Å². The van der Waals surface area contributed by atoms with Crippen LogP contribution in [0, 0.1) is 30.6 Å². The van der Waals surface area contributed by atoms with Crippen LogP contribution in [0.15, 0.2) is 24.3 Å². The molecule has 0 N–H and O–H groups in total. The standard InChI is InChI=1S/C16H15Br2NO2/c1-7-3-2-4-8(5-7)19-15(20)11-9-6-10(12(11)16(19)21)14(18)13(9)17/h2-5,9-14H,6H2,1H3/t9-,10+,11-,12+,13-,14+. The fraction of sp³-hybridized carbons (Fsp3) is 0.500. The van der Waals surface area contributed by atoms with Crippen LogP contribution in [-0.4, -0.2) is 21.5 Å². The number of fused-ring (bicyclic) bond motifs is 5. The van der Waals surface area contributed by atoms with Crippen LogP contribution < -0.4 is 4.90 Å². The molecule has 0 radical (unpaired) electrons. The minimum absolute atomic E-state index is 0.00745. The van der Waals surface area contributed by atoms with Crippen LogP contribution in [0.4, 0.5) is 5.69 Å². The average Bonchev–Trinajstić information content (AvgIpc) is 3.04. The van der Waals surface area contributed by atoms with Crippen molar-refractivity contribution < 1.29 is 9.59 Å². The zero-order valence-electron chi connectivity index (χ0n) is 11.5. The zero-order valence-corrected chi connectivity index (χ0v) is 14.7. The predicted octanol–water partition coefficient (Wildman–Crippen LogP) is 3.28. The van der Waals surface area contributed by atoms with Crippen molar-refractivity contribution in [1.82, 2.24) is 0 Å². The van der Waals surface area contributed by atoms with Gasteiger partial charge < -0.3 is 0 Å². The fourth-order valence-corrected chi connectivity index (χ4v) is 6.24. The minimum atomic E-state index is -0.138. The Labute approximate surface area is 140 Å². The maximum Gasteiger partial charge on any atom is 0.238 e. The molecular weight excluding hydrogens is 398 g/mol. The number of carbonyl (C=O) groups excluding carboxylic acids is 2. The van der Waals surface area contributed by atoms with Gasteiger partial charge in [-0.2, -0.15) is 0 Å². The number of hydrogen-bond donors (Lipinski definition) is 0. The van der Waals surface area contributed by atoms with Crippen LogP contribution in [0.5, 0.6) is 0 Å². The highest BCUT2D eigenvalue weighted by molar-refractivity contribution is 9.12. The normalized spacial score (nSPS) is 41.0. The van der Waals surface area contributed by atoms with Gasteiger partial charge in [0.25, 0.3) is 0 Å². The molecule has 5 heteroatoms. The fourth-order valence-electron chi connectivity index (χ4n) is 4.37. The number of nitrogens with zero attached hydrogens (tertiary/aromatic N) is 1. The molecule has 2 aliphatic carbocycles. The molecule has 1 aromatic rings. The molecule has 21 heavy (non-hydrogen) atoms. The van der Waals surface area contributed by atoms with Gasteiger partial charge in [-0.1, -0.05) is 44.0 Å². The third-order valence-electron chi connectivity index (χ3n) is 5.25. The number of amides is 2. The number of hydrogen-bond acceptors (Lipinski definition) is 2. The van der Waals surface area contributed by atoms with Gasteiger partial charge in [0.1, 0.15) is 0 Å². The molecule has 3 fully saturated rings. The molecule has 1 aromatic carbocycles. The molecule has 4 rings (SSSR count). The average molecular weight is 413 g/mol. The van der Waals surface area contributed by atoms with E-state index < -0.39 is 0 Å². The summed E-state index contributed by atoms with van der Waals surface area (Å²) >= 11 is 7.41. The summed E-state index contributed by atoms with van der Waals surface area (Å²) < 4.78 is 0. The van der Waals surface area contributed by atoms with E-state index in [9.17, 15) is 9.59 Å². The molecule has 0 unspecified atom stereocenters. The SMILES string of the molecule is Cc1cccc(N2C(=O)[C@@H]3[C@H]4C[C@H]([C@H](Br)[C@@H]4Br)[C@@H]3C2=O)c1. The van der Waals surface area contributed by atoms with E-state index in [1.807, 2.05) is 31.2 Å². The second-order valence-corrected chi connectivity index (χ2v) is 8.47. The molecule has 3 nitrogen and oxygen atoms in total. The lowest BCUT2D eigenvalue weighted by Gasteiger charge is -2.28. The first-order valence-corrected chi connectivity index (χ1v) is 9.06. The number of alkyl halides is 2. The van der Waals surface area contributed by atoms with Gasteiger partial charge in [-0.25, -0.2) is 0 Å². The lowest BCUT2D eigenvalue weighted by Crippen LogP contribution is -2.37. The molecule has 1 saturated heterocycles. The van der Waals surface area contributed by atoms with E-state index >= 15 is 0 Å². The van der Waals surface area contributed by atoms with Crippen molar-refractivity contribution in [3.05, 3.63) is 29.8 Å². The minimum Gasteiger partial charge on any atom is -0.274 e. The third-order valence-corrected chi connectivity index (χ3v) is 8.45. The lowest BCUT2D eigenvalue weighted by atomic mass is 9.81. The number of rotatable bonds is 1. The van der Waals surface area contributed by atoms with E-state index in [2.05, 4.69) is 31.9 Å². The largest absolute Gasteiger partial charge is 0.274 e. The van der Waals surface area contributed by atoms with Crippen molar-refractivity contribution in [2.24, 2.45) is 23.7 Å². The van der Waals surface area contributed by atoms with E-state index in [0.29, 0.717) is 0 Å². The van der Waals surface area contributed by atoms with Gasteiger partial charge in [0.15, 0.2) is 0 Å². The molecule has 1 heterocycles. The summed E-state index contributed by atoms with van der Waals surface area (Å²) in [5, 5.41) is 0. The molecule has 2 saturated carbocycles. The van der Waals surface area contributed by atoms with Crippen molar-refractivity contribution in [2.45, 2.75) is 23.0 Å².